The molecule has 2 atom stereocenters. The first-order chi connectivity index (χ1) is 20.3. The number of likely N-dealkylation sites (tertiary alicyclic amines) is 1. The van der Waals surface area contributed by atoms with Crippen LogP contribution in [0.15, 0.2) is 72.8 Å². The maximum absolute atomic E-state index is 10.2. The summed E-state index contributed by atoms with van der Waals surface area (Å²) in [6, 6.07) is 24.6. The number of phenolic OH excluding ortho intramolecular Hbond substituents is 1. The summed E-state index contributed by atoms with van der Waals surface area (Å²) in [5, 5.41) is 10.2. The highest BCUT2D eigenvalue weighted by molar-refractivity contribution is 5.51. The molecule has 2 heterocycles. The third kappa shape index (κ3) is 8.75. The molecule has 1 saturated heterocycles. The van der Waals surface area contributed by atoms with Gasteiger partial charge in [-0.3, -0.25) is 0 Å². The van der Waals surface area contributed by atoms with Gasteiger partial charge in [0.05, 0.1) is 13.2 Å². The zero-order valence-electron chi connectivity index (χ0n) is 24.8. The lowest BCUT2D eigenvalue weighted by atomic mass is 9.76. The van der Waals surface area contributed by atoms with Gasteiger partial charge in [-0.2, -0.15) is 0 Å². The first-order valence-electron chi connectivity index (χ1n) is 16.2. The Balaban J connectivity index is 1.00. The monoisotopic (exact) mass is 555 g/mol. The van der Waals surface area contributed by atoms with Gasteiger partial charge in [0.15, 0.2) is 0 Å². The minimum absolute atomic E-state index is 0.109. The molecule has 4 nitrogen and oxygen atoms in total. The Morgan fingerprint density at radius 2 is 1.37 bits per heavy atom. The van der Waals surface area contributed by atoms with Crippen molar-refractivity contribution in [3.8, 4) is 17.2 Å². The molecule has 0 aliphatic carbocycles. The van der Waals surface area contributed by atoms with E-state index in [1.807, 2.05) is 18.2 Å². The van der Waals surface area contributed by atoms with Gasteiger partial charge >= 0.3 is 0 Å². The maximum atomic E-state index is 10.2. The molecule has 2 aliphatic rings. The zero-order chi connectivity index (χ0) is 28.1. The molecule has 0 aromatic heterocycles. The Bertz CT molecular complexity index is 1160. The third-order valence-electron chi connectivity index (χ3n) is 8.95. The predicted molar refractivity (Wildman–Crippen MR) is 168 cm³/mol. The molecule has 1 fully saturated rings. The molecule has 2 aliphatic heterocycles. The van der Waals surface area contributed by atoms with Crippen molar-refractivity contribution in [3.05, 3.63) is 89.5 Å². The molecule has 3 aromatic rings. The number of unbranched alkanes of at least 4 members (excludes halogenated alkanes) is 9. The summed E-state index contributed by atoms with van der Waals surface area (Å²) in [6.45, 7) is 5.40. The number of rotatable bonds is 16. The van der Waals surface area contributed by atoms with E-state index in [0.29, 0.717) is 6.61 Å². The van der Waals surface area contributed by atoms with E-state index in [9.17, 15) is 5.11 Å². The summed E-state index contributed by atoms with van der Waals surface area (Å²) in [7, 11) is 0. The van der Waals surface area contributed by atoms with E-state index in [-0.39, 0.29) is 17.6 Å². The Morgan fingerprint density at radius 1 is 0.707 bits per heavy atom. The lowest BCUT2D eigenvalue weighted by molar-refractivity contribution is 0.248. The van der Waals surface area contributed by atoms with Crippen LogP contribution in [0.4, 0.5) is 0 Å². The number of benzene rings is 3. The van der Waals surface area contributed by atoms with Crippen LogP contribution in [-0.4, -0.2) is 42.9 Å². The number of phenols is 1. The SMILES string of the molecule is Oc1ccc2c(c1)[C@@H](c1ccc(OCCCCCCCCCCCCN3CCCC3)cc1)[C@H](c1ccccc1)CO2. The predicted octanol–water partition coefficient (Wildman–Crippen LogP) is 9.08. The van der Waals surface area contributed by atoms with Gasteiger partial charge in [0.2, 0.25) is 0 Å². The molecule has 0 unspecified atom stereocenters. The van der Waals surface area contributed by atoms with E-state index in [2.05, 4.69) is 53.4 Å². The zero-order valence-corrected chi connectivity index (χ0v) is 24.8. The quantitative estimate of drug-likeness (QED) is 0.179. The maximum Gasteiger partial charge on any atom is 0.123 e. The number of ether oxygens (including phenoxy) is 2. The van der Waals surface area contributed by atoms with Crippen LogP contribution < -0.4 is 9.47 Å². The van der Waals surface area contributed by atoms with Crippen molar-refractivity contribution in [3.63, 3.8) is 0 Å². The van der Waals surface area contributed by atoms with Crippen LogP contribution >= 0.6 is 0 Å². The molecule has 0 amide bonds. The van der Waals surface area contributed by atoms with Crippen molar-refractivity contribution in [1.82, 2.24) is 4.90 Å². The largest absolute Gasteiger partial charge is 0.508 e. The van der Waals surface area contributed by atoms with Crippen LogP contribution in [0.3, 0.4) is 0 Å². The van der Waals surface area contributed by atoms with Gasteiger partial charge in [-0.15, -0.1) is 0 Å². The fourth-order valence-corrected chi connectivity index (χ4v) is 6.62. The van der Waals surface area contributed by atoms with Crippen LogP contribution in [0.1, 0.15) is 106 Å². The number of hydrogen-bond acceptors (Lipinski definition) is 4. The Kier molecular flexibility index (Phi) is 11.4. The van der Waals surface area contributed by atoms with Crippen LogP contribution in [0, 0.1) is 0 Å². The van der Waals surface area contributed by atoms with Crippen molar-refractivity contribution < 1.29 is 14.6 Å². The molecule has 5 rings (SSSR count). The minimum Gasteiger partial charge on any atom is -0.508 e. The summed E-state index contributed by atoms with van der Waals surface area (Å²) in [6.07, 6.45) is 16.3. The topological polar surface area (TPSA) is 41.9 Å². The molecular weight excluding hydrogens is 506 g/mol. The van der Waals surface area contributed by atoms with Gasteiger partial charge in [-0.25, -0.2) is 0 Å². The van der Waals surface area contributed by atoms with Crippen LogP contribution in [0.2, 0.25) is 0 Å². The van der Waals surface area contributed by atoms with E-state index < -0.39 is 0 Å². The van der Waals surface area contributed by atoms with Gasteiger partial charge in [-0.1, -0.05) is 93.8 Å². The fourth-order valence-electron chi connectivity index (χ4n) is 6.62. The highest BCUT2D eigenvalue weighted by atomic mass is 16.5. The fraction of sp³-hybridized carbons (Fsp3) is 0.514. The lowest BCUT2D eigenvalue weighted by Gasteiger charge is -2.34. The van der Waals surface area contributed by atoms with Gasteiger partial charge in [0, 0.05) is 17.4 Å². The second-order valence-electron chi connectivity index (χ2n) is 12.0. The van der Waals surface area contributed by atoms with E-state index in [4.69, 9.17) is 9.47 Å². The molecular formula is C37H49NO3. The minimum atomic E-state index is 0.109. The first-order valence-corrected chi connectivity index (χ1v) is 16.2. The molecule has 0 radical (unpaired) electrons. The smallest absolute Gasteiger partial charge is 0.123 e. The van der Waals surface area contributed by atoms with E-state index in [0.717, 1.165) is 30.1 Å². The second-order valence-corrected chi connectivity index (χ2v) is 12.0. The molecule has 220 valence electrons. The van der Waals surface area contributed by atoms with Gasteiger partial charge < -0.3 is 19.5 Å². The van der Waals surface area contributed by atoms with Crippen LogP contribution in [0.5, 0.6) is 17.2 Å². The van der Waals surface area contributed by atoms with Crippen molar-refractivity contribution in [1.29, 1.82) is 0 Å². The summed E-state index contributed by atoms with van der Waals surface area (Å²) in [5.74, 6) is 2.34. The van der Waals surface area contributed by atoms with E-state index in [1.54, 1.807) is 6.07 Å². The Morgan fingerprint density at radius 3 is 2.07 bits per heavy atom. The molecule has 3 aromatic carbocycles. The van der Waals surface area contributed by atoms with Crippen LogP contribution in [-0.2, 0) is 0 Å². The second kappa shape index (κ2) is 15.9. The van der Waals surface area contributed by atoms with Crippen molar-refractivity contribution in [2.45, 2.75) is 88.9 Å². The van der Waals surface area contributed by atoms with Crippen molar-refractivity contribution in [2.75, 3.05) is 32.8 Å². The molecule has 4 heteroatoms. The summed E-state index contributed by atoms with van der Waals surface area (Å²) in [5.41, 5.74) is 3.50. The summed E-state index contributed by atoms with van der Waals surface area (Å²) < 4.78 is 12.2. The van der Waals surface area contributed by atoms with E-state index in [1.165, 1.54) is 101 Å². The molecule has 0 bridgehead atoms. The number of fused-ring (bicyclic) bond motifs is 1. The lowest BCUT2D eigenvalue weighted by Crippen LogP contribution is -2.25. The Labute approximate surface area is 247 Å². The van der Waals surface area contributed by atoms with Gasteiger partial charge in [-0.05, 0) is 86.8 Å². The average molecular weight is 556 g/mol. The molecule has 41 heavy (non-hydrogen) atoms. The number of hydrogen-bond donors (Lipinski definition) is 1. The highest BCUT2D eigenvalue weighted by Gasteiger charge is 2.33. The first kappa shape index (κ1) is 29.5. The van der Waals surface area contributed by atoms with Crippen LogP contribution in [0.25, 0.3) is 0 Å². The third-order valence-corrected chi connectivity index (χ3v) is 8.95. The molecule has 0 saturated carbocycles. The number of nitrogens with zero attached hydrogens (tertiary/aromatic N) is 1. The Hall–Kier alpha value is -2.98. The number of aromatic hydroxyl groups is 1. The van der Waals surface area contributed by atoms with Gasteiger partial charge in [0.1, 0.15) is 17.2 Å². The van der Waals surface area contributed by atoms with Crippen molar-refractivity contribution in [2.24, 2.45) is 0 Å². The van der Waals surface area contributed by atoms with Crippen molar-refractivity contribution >= 4 is 0 Å². The molecule has 0 spiro atoms. The molecule has 1 N–H and O–H groups in total. The van der Waals surface area contributed by atoms with E-state index >= 15 is 0 Å². The summed E-state index contributed by atoms with van der Waals surface area (Å²) >= 11 is 0. The summed E-state index contributed by atoms with van der Waals surface area (Å²) in [4.78, 5) is 2.64. The van der Waals surface area contributed by atoms with Gasteiger partial charge in [0.25, 0.3) is 0 Å². The highest BCUT2D eigenvalue weighted by Crippen LogP contribution is 2.47. The normalized spacial score (nSPS) is 18.6. The standard InChI is InChI=1S/C37H49NO3/c39-32-20-23-36-34(28-32)37(35(29-41-36)30-16-10-9-11-17-30)31-18-21-33(22-19-31)40-27-15-8-6-4-2-1-3-5-7-12-24-38-25-13-14-26-38/h9-11,16-23,28,35,37,39H,1-8,12-15,24-27,29H2/t35-,37+/m0/s1. The average Bonchev–Trinajstić information content (AvgIpc) is 3.53.